The second-order valence-corrected chi connectivity index (χ2v) is 5.62. The number of hydrogen-bond acceptors (Lipinski definition) is 3. The van der Waals surface area contributed by atoms with Crippen LogP contribution in [0.5, 0.6) is 0 Å². The fraction of sp³-hybridized carbons (Fsp3) is 0.353. The summed E-state index contributed by atoms with van der Waals surface area (Å²) in [7, 11) is 0. The number of nitrogens with zero attached hydrogens (tertiary/aromatic N) is 2. The molecule has 1 aliphatic carbocycles. The normalized spacial score (nSPS) is 17.1. The number of hydrogen-bond donors (Lipinski definition) is 1. The highest BCUT2D eigenvalue weighted by Crippen LogP contribution is 2.28. The molecule has 1 fully saturated rings. The second kappa shape index (κ2) is 5.53. The first-order valence-electron chi connectivity index (χ1n) is 7.31. The van der Waals surface area contributed by atoms with E-state index in [1.807, 2.05) is 24.3 Å². The Labute approximate surface area is 123 Å². The number of rotatable bonds is 2. The molecule has 0 radical (unpaired) electrons. The first kappa shape index (κ1) is 13.6. The molecule has 1 aromatic carbocycles. The molecule has 0 unspecified atom stereocenters. The average Bonchev–Trinajstić information content (AvgIpc) is 2.55. The zero-order valence-corrected chi connectivity index (χ0v) is 11.8. The summed E-state index contributed by atoms with van der Waals surface area (Å²) in [4.78, 5) is 16.7. The highest BCUT2D eigenvalue weighted by molar-refractivity contribution is 5.98. The maximum absolute atomic E-state index is 12.4. The van der Waals surface area contributed by atoms with Gasteiger partial charge in [0.25, 0.3) is 5.91 Å². The fourth-order valence-corrected chi connectivity index (χ4v) is 2.93. The number of nitriles is 1. The van der Waals surface area contributed by atoms with Gasteiger partial charge in [-0.3, -0.25) is 9.78 Å². The largest absolute Gasteiger partial charge is 0.334 e. The van der Waals surface area contributed by atoms with Crippen molar-refractivity contribution in [3.63, 3.8) is 0 Å². The average molecular weight is 279 g/mol. The van der Waals surface area contributed by atoms with Crippen LogP contribution in [0.3, 0.4) is 0 Å². The summed E-state index contributed by atoms with van der Waals surface area (Å²) in [5, 5.41) is 13.3. The van der Waals surface area contributed by atoms with Gasteiger partial charge in [0.15, 0.2) is 0 Å². The Morgan fingerprint density at radius 3 is 2.81 bits per heavy atom. The van der Waals surface area contributed by atoms with Crippen LogP contribution in [-0.2, 0) is 0 Å². The van der Waals surface area contributed by atoms with Crippen LogP contribution < -0.4 is 5.32 Å². The highest BCUT2D eigenvalue weighted by atomic mass is 16.1. The van der Waals surface area contributed by atoms with E-state index in [0.717, 1.165) is 43.0 Å². The second-order valence-electron chi connectivity index (χ2n) is 5.62. The van der Waals surface area contributed by atoms with Gasteiger partial charge in [-0.1, -0.05) is 25.3 Å². The van der Waals surface area contributed by atoms with Gasteiger partial charge in [-0.05, 0) is 37.1 Å². The standard InChI is InChI=1S/C17H17N3O/c18-12-17(8-2-1-3-9-17)20-16(21)14-6-7-15-13(11-14)5-4-10-19-15/h4-7,10-11H,1-3,8-9H2,(H,20,21). The Balaban J connectivity index is 1.85. The molecule has 1 heterocycles. The van der Waals surface area contributed by atoms with Crippen LogP contribution in [0, 0.1) is 11.3 Å². The molecule has 2 aromatic rings. The number of benzene rings is 1. The van der Waals surface area contributed by atoms with Crippen molar-refractivity contribution >= 4 is 16.8 Å². The lowest BCUT2D eigenvalue weighted by atomic mass is 9.82. The van der Waals surface area contributed by atoms with Crippen LogP contribution in [0.4, 0.5) is 0 Å². The van der Waals surface area contributed by atoms with Crippen molar-refractivity contribution in [2.24, 2.45) is 0 Å². The highest BCUT2D eigenvalue weighted by Gasteiger charge is 2.33. The third-order valence-electron chi connectivity index (χ3n) is 4.14. The van der Waals surface area contributed by atoms with Crippen molar-refractivity contribution in [2.45, 2.75) is 37.6 Å². The molecule has 4 heteroatoms. The Bertz CT molecular complexity index is 711. The van der Waals surface area contributed by atoms with Crippen LogP contribution in [-0.4, -0.2) is 16.4 Å². The lowest BCUT2D eigenvalue weighted by Crippen LogP contribution is -2.48. The van der Waals surface area contributed by atoms with Crippen molar-refractivity contribution in [2.75, 3.05) is 0 Å². The summed E-state index contributed by atoms with van der Waals surface area (Å²) >= 11 is 0. The molecule has 0 aliphatic heterocycles. The van der Waals surface area contributed by atoms with E-state index in [4.69, 9.17) is 0 Å². The molecule has 1 aromatic heterocycles. The Kier molecular flexibility index (Phi) is 3.57. The Morgan fingerprint density at radius 1 is 1.24 bits per heavy atom. The molecule has 1 saturated carbocycles. The van der Waals surface area contributed by atoms with Gasteiger partial charge in [0.2, 0.25) is 0 Å². The number of carbonyl (C=O) groups is 1. The minimum atomic E-state index is -0.695. The van der Waals surface area contributed by atoms with E-state index in [2.05, 4.69) is 16.4 Å². The van der Waals surface area contributed by atoms with Crippen LogP contribution in [0.25, 0.3) is 10.9 Å². The Morgan fingerprint density at radius 2 is 2.05 bits per heavy atom. The fourth-order valence-electron chi connectivity index (χ4n) is 2.93. The topological polar surface area (TPSA) is 65.8 Å². The molecule has 1 aliphatic rings. The molecular weight excluding hydrogens is 262 g/mol. The smallest absolute Gasteiger partial charge is 0.252 e. The quantitative estimate of drug-likeness (QED) is 0.918. The predicted molar refractivity (Wildman–Crippen MR) is 80.6 cm³/mol. The van der Waals surface area contributed by atoms with Gasteiger partial charge < -0.3 is 5.32 Å². The number of pyridine rings is 1. The molecule has 0 spiro atoms. The Hall–Kier alpha value is -2.41. The lowest BCUT2D eigenvalue weighted by Gasteiger charge is -2.31. The van der Waals surface area contributed by atoms with Crippen molar-refractivity contribution in [1.29, 1.82) is 5.26 Å². The third kappa shape index (κ3) is 2.73. The monoisotopic (exact) mass is 279 g/mol. The van der Waals surface area contributed by atoms with Crippen molar-refractivity contribution in [1.82, 2.24) is 10.3 Å². The van der Waals surface area contributed by atoms with E-state index >= 15 is 0 Å². The van der Waals surface area contributed by atoms with Crippen molar-refractivity contribution < 1.29 is 4.79 Å². The van der Waals surface area contributed by atoms with Gasteiger partial charge in [0.1, 0.15) is 5.54 Å². The van der Waals surface area contributed by atoms with Crippen molar-refractivity contribution in [3.05, 3.63) is 42.1 Å². The summed E-state index contributed by atoms with van der Waals surface area (Å²) in [6, 6.07) is 11.5. The molecule has 21 heavy (non-hydrogen) atoms. The summed E-state index contributed by atoms with van der Waals surface area (Å²) < 4.78 is 0. The summed E-state index contributed by atoms with van der Waals surface area (Å²) in [6.45, 7) is 0. The van der Waals surface area contributed by atoms with Gasteiger partial charge in [0.05, 0.1) is 11.6 Å². The van der Waals surface area contributed by atoms with E-state index < -0.39 is 5.54 Å². The van der Waals surface area contributed by atoms with Gasteiger partial charge in [-0.2, -0.15) is 5.26 Å². The minimum absolute atomic E-state index is 0.177. The molecule has 0 saturated heterocycles. The third-order valence-corrected chi connectivity index (χ3v) is 4.14. The van der Waals surface area contributed by atoms with Gasteiger partial charge >= 0.3 is 0 Å². The molecule has 0 bridgehead atoms. The molecule has 1 amide bonds. The number of aromatic nitrogens is 1. The lowest BCUT2D eigenvalue weighted by molar-refractivity contribution is 0.0903. The van der Waals surface area contributed by atoms with E-state index in [0.29, 0.717) is 5.56 Å². The number of carbonyl (C=O) groups excluding carboxylic acids is 1. The van der Waals surface area contributed by atoms with E-state index in [1.54, 1.807) is 12.3 Å². The summed E-state index contributed by atoms with van der Waals surface area (Å²) in [5.41, 5.74) is 0.747. The van der Waals surface area contributed by atoms with E-state index in [1.165, 1.54) is 0 Å². The first-order chi connectivity index (χ1) is 10.2. The van der Waals surface area contributed by atoms with Crippen LogP contribution >= 0.6 is 0 Å². The van der Waals surface area contributed by atoms with Gasteiger partial charge in [-0.15, -0.1) is 0 Å². The van der Waals surface area contributed by atoms with Crippen molar-refractivity contribution in [3.8, 4) is 6.07 Å². The summed E-state index contributed by atoms with van der Waals surface area (Å²) in [6.07, 6.45) is 6.34. The molecule has 1 N–H and O–H groups in total. The van der Waals surface area contributed by atoms with Crippen LogP contribution in [0.15, 0.2) is 36.5 Å². The maximum Gasteiger partial charge on any atom is 0.252 e. The zero-order valence-electron chi connectivity index (χ0n) is 11.8. The number of nitrogens with one attached hydrogen (secondary N) is 1. The first-order valence-corrected chi connectivity index (χ1v) is 7.31. The molecular formula is C17H17N3O. The SMILES string of the molecule is N#CC1(NC(=O)c2ccc3ncccc3c2)CCCCC1. The zero-order chi connectivity index (χ0) is 14.7. The van der Waals surface area contributed by atoms with Gasteiger partial charge in [-0.25, -0.2) is 0 Å². The predicted octanol–water partition coefficient (Wildman–Crippen LogP) is 3.19. The molecule has 106 valence electrons. The minimum Gasteiger partial charge on any atom is -0.334 e. The molecule has 4 nitrogen and oxygen atoms in total. The van der Waals surface area contributed by atoms with Gasteiger partial charge in [0, 0.05) is 17.1 Å². The number of amides is 1. The molecule has 3 rings (SSSR count). The number of fused-ring (bicyclic) bond motifs is 1. The van der Waals surface area contributed by atoms with E-state index in [9.17, 15) is 10.1 Å². The van der Waals surface area contributed by atoms with E-state index in [-0.39, 0.29) is 5.91 Å². The molecule has 0 atom stereocenters. The maximum atomic E-state index is 12.4. The summed E-state index contributed by atoms with van der Waals surface area (Å²) in [5.74, 6) is -0.177. The van der Waals surface area contributed by atoms with Crippen LogP contribution in [0.2, 0.25) is 0 Å². The van der Waals surface area contributed by atoms with Crippen LogP contribution in [0.1, 0.15) is 42.5 Å².